The van der Waals surface area contributed by atoms with Gasteiger partial charge in [0.05, 0.1) is 12.3 Å². The minimum atomic E-state index is 0.480. The summed E-state index contributed by atoms with van der Waals surface area (Å²) in [5, 5.41) is 1.05. The molecule has 0 aliphatic carbocycles. The maximum absolute atomic E-state index is 5.81. The minimum Gasteiger partial charge on any atom is -0.380 e. The second kappa shape index (κ2) is 7.71. The van der Waals surface area contributed by atoms with E-state index in [0.29, 0.717) is 12.5 Å². The summed E-state index contributed by atoms with van der Waals surface area (Å²) in [4.78, 5) is 8.09. The zero-order chi connectivity index (χ0) is 13.5. The number of aromatic nitrogens is 1. The van der Waals surface area contributed by atoms with E-state index < -0.39 is 0 Å². The van der Waals surface area contributed by atoms with Gasteiger partial charge in [-0.15, -0.1) is 11.3 Å². The lowest BCUT2D eigenvalue weighted by atomic mass is 10.0. The number of nitrogens with zero attached hydrogens (tertiary/aromatic N) is 2. The van der Waals surface area contributed by atoms with Crippen LogP contribution in [0.2, 0.25) is 0 Å². The van der Waals surface area contributed by atoms with Crippen molar-refractivity contribution in [3.05, 3.63) is 10.6 Å². The summed E-state index contributed by atoms with van der Waals surface area (Å²) in [7, 11) is 2.05. The van der Waals surface area contributed by atoms with E-state index in [1.54, 1.807) is 11.3 Å². The van der Waals surface area contributed by atoms with Crippen LogP contribution in [0.15, 0.2) is 0 Å². The molecule has 18 heavy (non-hydrogen) atoms. The predicted octanol–water partition coefficient (Wildman–Crippen LogP) is 2.59. The molecule has 0 saturated carbocycles. The van der Waals surface area contributed by atoms with E-state index in [2.05, 4.69) is 25.8 Å². The maximum Gasteiger partial charge on any atom is 0.185 e. The molecule has 1 aromatic rings. The first kappa shape index (κ1) is 15.4. The number of nitrogens with two attached hydrogens (primary N) is 1. The van der Waals surface area contributed by atoms with Gasteiger partial charge in [0.2, 0.25) is 0 Å². The van der Waals surface area contributed by atoms with Crippen LogP contribution in [0.3, 0.4) is 0 Å². The van der Waals surface area contributed by atoms with E-state index in [-0.39, 0.29) is 0 Å². The smallest absolute Gasteiger partial charge is 0.185 e. The predicted molar refractivity (Wildman–Crippen MR) is 78.5 cm³/mol. The zero-order valence-electron chi connectivity index (χ0n) is 11.9. The van der Waals surface area contributed by atoms with Gasteiger partial charge in [-0.25, -0.2) is 4.98 Å². The summed E-state index contributed by atoms with van der Waals surface area (Å²) < 4.78 is 5.37. The molecule has 0 aliphatic heterocycles. The molecular weight excluding hydrogens is 246 g/mol. The van der Waals surface area contributed by atoms with E-state index in [9.17, 15) is 0 Å². The fraction of sp³-hybridized carbons (Fsp3) is 0.769. The number of ether oxygens (including phenoxy) is 1. The Morgan fingerprint density at radius 2 is 2.17 bits per heavy atom. The number of hydrogen-bond acceptors (Lipinski definition) is 5. The third-order valence-electron chi connectivity index (χ3n) is 3.08. The zero-order valence-corrected chi connectivity index (χ0v) is 12.7. The Hall–Kier alpha value is -0.650. The minimum absolute atomic E-state index is 0.480. The molecule has 1 atom stereocenters. The van der Waals surface area contributed by atoms with E-state index in [1.165, 1.54) is 10.6 Å². The highest BCUT2D eigenvalue weighted by atomic mass is 32.1. The van der Waals surface area contributed by atoms with Gasteiger partial charge in [0.25, 0.3) is 0 Å². The molecule has 104 valence electrons. The van der Waals surface area contributed by atoms with Gasteiger partial charge in [0, 0.05) is 31.6 Å². The summed E-state index contributed by atoms with van der Waals surface area (Å²) in [6, 6.07) is 0. The third kappa shape index (κ3) is 3.93. The molecule has 0 fully saturated rings. The van der Waals surface area contributed by atoms with Crippen LogP contribution in [-0.2, 0) is 11.3 Å². The van der Waals surface area contributed by atoms with Crippen LogP contribution in [0.5, 0.6) is 0 Å². The van der Waals surface area contributed by atoms with Gasteiger partial charge in [-0.2, -0.15) is 0 Å². The largest absolute Gasteiger partial charge is 0.380 e. The van der Waals surface area contributed by atoms with Gasteiger partial charge in [0.1, 0.15) is 0 Å². The fourth-order valence-electron chi connectivity index (χ4n) is 1.68. The van der Waals surface area contributed by atoms with Crippen molar-refractivity contribution >= 4 is 16.5 Å². The topological polar surface area (TPSA) is 51.4 Å². The lowest BCUT2D eigenvalue weighted by molar-refractivity contribution is 0.154. The number of hydrogen-bond donors (Lipinski definition) is 1. The Kier molecular flexibility index (Phi) is 6.60. The standard InChI is InChI=1S/C13H25N3OS/c1-5-10(3)12-11(9-14)18-13(15-12)16(4)7-8-17-6-2/h10H,5-9,14H2,1-4H3. The molecule has 1 unspecified atom stereocenters. The van der Waals surface area contributed by atoms with E-state index >= 15 is 0 Å². The van der Waals surface area contributed by atoms with Crippen molar-refractivity contribution in [1.29, 1.82) is 0 Å². The van der Waals surface area contributed by atoms with E-state index in [1.807, 2.05) is 6.92 Å². The average molecular weight is 271 g/mol. The molecule has 0 aromatic carbocycles. The molecule has 2 N–H and O–H groups in total. The maximum atomic E-state index is 5.81. The second-order valence-corrected chi connectivity index (χ2v) is 5.50. The highest BCUT2D eigenvalue weighted by Gasteiger charge is 2.16. The van der Waals surface area contributed by atoms with Crippen LogP contribution in [-0.4, -0.2) is 31.8 Å². The third-order valence-corrected chi connectivity index (χ3v) is 4.29. The average Bonchev–Trinajstić information content (AvgIpc) is 2.82. The molecule has 0 aliphatic rings. The summed E-state index contributed by atoms with van der Waals surface area (Å²) in [5.74, 6) is 0.480. The molecule has 0 saturated heterocycles. The lowest BCUT2D eigenvalue weighted by Crippen LogP contribution is -2.22. The van der Waals surface area contributed by atoms with Crippen LogP contribution in [0.1, 0.15) is 43.7 Å². The normalized spacial score (nSPS) is 12.7. The highest BCUT2D eigenvalue weighted by Crippen LogP contribution is 2.31. The van der Waals surface area contributed by atoms with Crippen LogP contribution in [0, 0.1) is 0 Å². The van der Waals surface area contributed by atoms with Gasteiger partial charge >= 0.3 is 0 Å². The molecule has 1 heterocycles. The monoisotopic (exact) mass is 271 g/mol. The molecule has 5 heteroatoms. The van der Waals surface area contributed by atoms with Gasteiger partial charge < -0.3 is 15.4 Å². The van der Waals surface area contributed by atoms with Crippen molar-refractivity contribution in [2.45, 2.75) is 39.7 Å². The summed E-state index contributed by atoms with van der Waals surface area (Å²) in [6.45, 7) is 9.35. The first-order chi connectivity index (χ1) is 8.63. The molecule has 4 nitrogen and oxygen atoms in total. The second-order valence-electron chi connectivity index (χ2n) is 4.44. The van der Waals surface area contributed by atoms with Crippen LogP contribution >= 0.6 is 11.3 Å². The lowest BCUT2D eigenvalue weighted by Gasteiger charge is -2.15. The van der Waals surface area contributed by atoms with Crippen molar-refractivity contribution in [3.63, 3.8) is 0 Å². The van der Waals surface area contributed by atoms with Crippen molar-refractivity contribution in [1.82, 2.24) is 4.98 Å². The first-order valence-corrected chi connectivity index (χ1v) is 7.44. The molecule has 0 amide bonds. The number of thiazole rings is 1. The van der Waals surface area contributed by atoms with E-state index in [4.69, 9.17) is 15.5 Å². The number of likely N-dealkylation sites (N-methyl/N-ethyl adjacent to an activating group) is 1. The molecule has 1 rings (SSSR count). The first-order valence-electron chi connectivity index (χ1n) is 6.62. The molecular formula is C13H25N3OS. The summed E-state index contributed by atoms with van der Waals surface area (Å²) >= 11 is 1.70. The van der Waals surface area contributed by atoms with E-state index in [0.717, 1.165) is 31.3 Å². The van der Waals surface area contributed by atoms with Gasteiger partial charge in [-0.05, 0) is 19.3 Å². The Morgan fingerprint density at radius 1 is 1.44 bits per heavy atom. The van der Waals surface area contributed by atoms with Gasteiger partial charge in [-0.1, -0.05) is 13.8 Å². The SMILES string of the molecule is CCOCCN(C)c1nc(C(C)CC)c(CN)s1. The fourth-order valence-corrected chi connectivity index (χ4v) is 2.73. The Labute approximate surface area is 114 Å². The number of rotatable bonds is 8. The van der Waals surface area contributed by atoms with Crippen molar-refractivity contribution in [2.24, 2.45) is 5.73 Å². The molecule has 0 bridgehead atoms. The summed E-state index contributed by atoms with van der Waals surface area (Å²) in [5.41, 5.74) is 6.98. The molecule has 0 spiro atoms. The van der Waals surface area contributed by atoms with Gasteiger partial charge in [-0.3, -0.25) is 0 Å². The molecule has 1 aromatic heterocycles. The quantitative estimate of drug-likeness (QED) is 0.738. The van der Waals surface area contributed by atoms with Crippen LogP contribution in [0.25, 0.3) is 0 Å². The van der Waals surface area contributed by atoms with Crippen molar-refractivity contribution in [3.8, 4) is 0 Å². The Morgan fingerprint density at radius 3 is 2.72 bits per heavy atom. The van der Waals surface area contributed by atoms with Crippen LogP contribution < -0.4 is 10.6 Å². The van der Waals surface area contributed by atoms with Crippen LogP contribution in [0.4, 0.5) is 5.13 Å². The molecule has 0 radical (unpaired) electrons. The van der Waals surface area contributed by atoms with Crippen molar-refractivity contribution < 1.29 is 4.74 Å². The Balaban J connectivity index is 2.74. The Bertz CT molecular complexity index is 354. The highest BCUT2D eigenvalue weighted by molar-refractivity contribution is 7.15. The van der Waals surface area contributed by atoms with Gasteiger partial charge in [0.15, 0.2) is 5.13 Å². The summed E-state index contributed by atoms with van der Waals surface area (Å²) in [6.07, 6.45) is 1.10. The number of anilines is 1. The van der Waals surface area contributed by atoms with Crippen molar-refractivity contribution in [2.75, 3.05) is 31.7 Å².